The number of fused-ring (bicyclic) bond motifs is 9. The lowest BCUT2D eigenvalue weighted by Crippen LogP contribution is -2.62. The van der Waals surface area contributed by atoms with Crippen LogP contribution in [0, 0.1) is 27.7 Å². The van der Waals surface area contributed by atoms with Crippen molar-refractivity contribution >= 4 is 79.2 Å². The molecule has 0 N–H and O–H groups in total. The van der Waals surface area contributed by atoms with Crippen LogP contribution in [0.5, 0.6) is 0 Å². The highest BCUT2D eigenvalue weighted by Gasteiger charge is 2.48. The smallest absolute Gasteiger partial charge is 0.252 e. The summed E-state index contributed by atoms with van der Waals surface area (Å²) < 4.78 is 6.81. The number of hydrogen-bond donors (Lipinski definition) is 0. The number of hydrogen-bond acceptors (Lipinski definition) is 3. The number of furan rings is 1. The molecule has 4 heteroatoms. The summed E-state index contributed by atoms with van der Waals surface area (Å²) in [6.07, 6.45) is 4.68. The molecule has 7 aromatic carbocycles. The number of rotatable bonds is 3. The molecule has 3 nitrogen and oxygen atoms in total. The zero-order chi connectivity index (χ0) is 46.0. The normalized spacial score (nSPS) is 18.2. The lowest BCUT2D eigenvalue weighted by molar-refractivity contribution is 0.332. The van der Waals surface area contributed by atoms with E-state index in [1.165, 1.54) is 119 Å². The van der Waals surface area contributed by atoms with Crippen molar-refractivity contribution in [3.8, 4) is 11.1 Å². The molecule has 2 aliphatic carbocycles. The molecule has 2 aliphatic heterocycles. The minimum atomic E-state index is -0.0393. The van der Waals surface area contributed by atoms with E-state index < -0.39 is 0 Å². The molecule has 0 spiro atoms. The van der Waals surface area contributed by atoms with Crippen molar-refractivity contribution in [3.05, 3.63) is 160 Å². The van der Waals surface area contributed by atoms with Crippen LogP contribution >= 0.6 is 0 Å². The molecular formula is C62H63BN2O. The summed E-state index contributed by atoms with van der Waals surface area (Å²) >= 11 is 0. The first-order valence-electron chi connectivity index (χ1n) is 24.5. The van der Waals surface area contributed by atoms with Gasteiger partial charge in [-0.15, -0.1) is 0 Å². The number of para-hydroxylation sites is 2. The molecule has 0 unspecified atom stereocenters. The third kappa shape index (κ3) is 5.88. The van der Waals surface area contributed by atoms with E-state index in [0.29, 0.717) is 0 Å². The summed E-state index contributed by atoms with van der Waals surface area (Å²) in [5.41, 5.74) is 27.2. The van der Waals surface area contributed by atoms with Gasteiger partial charge in [0.15, 0.2) is 0 Å². The molecular weight excluding hydrogens is 800 g/mol. The fourth-order valence-corrected chi connectivity index (χ4v) is 13.1. The Bertz CT molecular complexity index is 3370. The number of anilines is 6. The molecule has 66 heavy (non-hydrogen) atoms. The third-order valence-corrected chi connectivity index (χ3v) is 17.0. The van der Waals surface area contributed by atoms with Crippen molar-refractivity contribution in [2.45, 2.75) is 130 Å². The number of benzene rings is 7. The van der Waals surface area contributed by atoms with Crippen LogP contribution in [0.15, 0.2) is 120 Å². The van der Waals surface area contributed by atoms with E-state index in [2.05, 4.69) is 208 Å². The molecule has 0 amide bonds. The van der Waals surface area contributed by atoms with Crippen LogP contribution in [0.2, 0.25) is 0 Å². The minimum absolute atomic E-state index is 0.0311. The van der Waals surface area contributed by atoms with Crippen molar-refractivity contribution in [1.29, 1.82) is 0 Å². The number of aryl methyl sites for hydroxylation is 4. The van der Waals surface area contributed by atoms with Gasteiger partial charge in [0.05, 0.1) is 0 Å². The van der Waals surface area contributed by atoms with E-state index in [-0.39, 0.29) is 28.4 Å². The van der Waals surface area contributed by atoms with Gasteiger partial charge in [0.2, 0.25) is 0 Å². The first-order valence-corrected chi connectivity index (χ1v) is 24.5. The van der Waals surface area contributed by atoms with Crippen LogP contribution < -0.4 is 26.2 Å². The highest BCUT2D eigenvalue weighted by molar-refractivity contribution is 7.00. The van der Waals surface area contributed by atoms with Crippen molar-refractivity contribution in [2.75, 3.05) is 9.80 Å². The summed E-state index contributed by atoms with van der Waals surface area (Å²) in [7, 11) is 0. The highest BCUT2D eigenvalue weighted by Crippen LogP contribution is 2.54. The van der Waals surface area contributed by atoms with Gasteiger partial charge in [-0.05, 0) is 196 Å². The molecule has 4 aliphatic rings. The van der Waals surface area contributed by atoms with Crippen LogP contribution in [0.1, 0.15) is 126 Å². The fraction of sp³-hybridized carbons (Fsp3) is 0.323. The van der Waals surface area contributed by atoms with E-state index in [4.69, 9.17) is 4.42 Å². The van der Waals surface area contributed by atoms with E-state index >= 15 is 0 Å². The average Bonchev–Trinajstić information content (AvgIpc) is 3.63. The van der Waals surface area contributed by atoms with Gasteiger partial charge in [0.1, 0.15) is 11.2 Å². The zero-order valence-corrected chi connectivity index (χ0v) is 41.2. The molecule has 0 bridgehead atoms. The fourth-order valence-electron chi connectivity index (χ4n) is 13.1. The second kappa shape index (κ2) is 13.8. The molecule has 0 saturated heterocycles. The maximum absolute atomic E-state index is 6.81. The molecule has 12 rings (SSSR count). The van der Waals surface area contributed by atoms with Crippen molar-refractivity contribution in [1.82, 2.24) is 0 Å². The van der Waals surface area contributed by atoms with Crippen molar-refractivity contribution < 1.29 is 4.42 Å². The summed E-state index contributed by atoms with van der Waals surface area (Å²) in [6, 6.07) is 45.0. The summed E-state index contributed by atoms with van der Waals surface area (Å²) in [5.74, 6) is 0. The Balaban J connectivity index is 1.27. The molecule has 0 saturated carbocycles. The largest absolute Gasteiger partial charge is 0.456 e. The highest BCUT2D eigenvalue weighted by atomic mass is 16.3. The van der Waals surface area contributed by atoms with Gasteiger partial charge in [-0.2, -0.15) is 0 Å². The lowest BCUT2D eigenvalue weighted by Gasteiger charge is -2.48. The maximum atomic E-state index is 6.81. The van der Waals surface area contributed by atoms with E-state index in [1.807, 2.05) is 0 Å². The molecule has 0 fully saturated rings. The van der Waals surface area contributed by atoms with Gasteiger partial charge >= 0.3 is 0 Å². The van der Waals surface area contributed by atoms with Gasteiger partial charge in [0, 0.05) is 44.9 Å². The second-order valence-corrected chi connectivity index (χ2v) is 23.3. The van der Waals surface area contributed by atoms with Crippen LogP contribution in [0.25, 0.3) is 33.1 Å². The Morgan fingerprint density at radius 1 is 0.439 bits per heavy atom. The molecule has 330 valence electrons. The van der Waals surface area contributed by atoms with Crippen LogP contribution in [-0.2, 0) is 21.7 Å². The van der Waals surface area contributed by atoms with E-state index in [1.54, 1.807) is 0 Å². The van der Waals surface area contributed by atoms with E-state index in [9.17, 15) is 0 Å². The monoisotopic (exact) mass is 863 g/mol. The van der Waals surface area contributed by atoms with Crippen molar-refractivity contribution in [2.24, 2.45) is 0 Å². The molecule has 0 radical (unpaired) electrons. The predicted octanol–water partition coefficient (Wildman–Crippen LogP) is 15.3. The van der Waals surface area contributed by atoms with E-state index in [0.717, 1.165) is 34.8 Å². The minimum Gasteiger partial charge on any atom is -0.456 e. The summed E-state index contributed by atoms with van der Waals surface area (Å²) in [5, 5.41) is 2.30. The number of nitrogens with zero attached hydrogens (tertiary/aromatic N) is 2. The van der Waals surface area contributed by atoms with Crippen LogP contribution in [0.4, 0.5) is 34.1 Å². The Morgan fingerprint density at radius 2 is 1.00 bits per heavy atom. The maximum Gasteiger partial charge on any atom is 0.252 e. The quantitative estimate of drug-likeness (QED) is 0.165. The first kappa shape index (κ1) is 41.4. The van der Waals surface area contributed by atoms with Gasteiger partial charge in [-0.25, -0.2) is 0 Å². The van der Waals surface area contributed by atoms with Gasteiger partial charge in [-0.1, -0.05) is 122 Å². The Hall–Kier alpha value is -6.00. The predicted molar refractivity (Wildman–Crippen MR) is 283 cm³/mol. The topological polar surface area (TPSA) is 19.6 Å². The van der Waals surface area contributed by atoms with Gasteiger partial charge in [-0.3, -0.25) is 0 Å². The summed E-state index contributed by atoms with van der Waals surface area (Å²) in [4.78, 5) is 5.31. The third-order valence-electron chi connectivity index (χ3n) is 17.0. The zero-order valence-electron chi connectivity index (χ0n) is 41.2. The molecule has 0 atom stereocenters. The molecule has 8 aromatic rings. The van der Waals surface area contributed by atoms with Crippen LogP contribution in [0.3, 0.4) is 0 Å². The van der Waals surface area contributed by atoms with Gasteiger partial charge < -0.3 is 14.2 Å². The second-order valence-electron chi connectivity index (χ2n) is 23.3. The molecule has 3 heterocycles. The summed E-state index contributed by atoms with van der Waals surface area (Å²) in [6.45, 7) is 28.8. The Kier molecular flexibility index (Phi) is 8.65. The lowest BCUT2D eigenvalue weighted by atomic mass is 9.33. The average molecular weight is 863 g/mol. The first-order chi connectivity index (χ1) is 31.3. The standard InChI is InChI=1S/C62H63BN2O/c1-36-27-38(3)57(39(4)28-36)40-29-53-58-54(30-40)65(50-19-15-13-17-37(50)2)51-32-43-42-18-14-16-20-55(42)66-56(43)35-49(51)63(58)48-33-46-47(62(11,12)26-25-61(46,9)10)34-52(48)64(53)41-21-22-44-45(31-41)60(7,8)24-23-59(44,5)6/h13-22,27-35H,23-26H2,1-12H3. The van der Waals surface area contributed by atoms with Gasteiger partial charge in [0.25, 0.3) is 6.71 Å². The van der Waals surface area contributed by atoms with Crippen LogP contribution in [-0.4, -0.2) is 6.71 Å². The molecule has 1 aromatic heterocycles. The SMILES string of the molecule is Cc1cc(C)c(-c2cc3c4c(c2)N(c2ccccc2C)c2cc5c(cc2B4c2cc4c(cc2N3c2ccc3c(c2)C(C)(C)CCC3(C)C)C(C)(C)CCC4(C)C)oc2ccccc25)c(C)c1. The van der Waals surface area contributed by atoms with Crippen molar-refractivity contribution in [3.63, 3.8) is 0 Å². The Labute approximate surface area is 392 Å². The Morgan fingerprint density at radius 3 is 1.68 bits per heavy atom.